The van der Waals surface area contributed by atoms with Crippen LogP contribution >= 0.6 is 0 Å². The van der Waals surface area contributed by atoms with Gasteiger partial charge in [-0.2, -0.15) is 0 Å². The number of aliphatic hydroxyl groups is 1. The fourth-order valence-corrected chi connectivity index (χ4v) is 2.61. The van der Waals surface area contributed by atoms with Crippen LogP contribution in [-0.2, 0) is 12.0 Å². The number of aromatic hydroxyl groups is 1. The van der Waals surface area contributed by atoms with Gasteiger partial charge in [0.1, 0.15) is 5.75 Å². The van der Waals surface area contributed by atoms with Crippen molar-refractivity contribution >= 4 is 0 Å². The summed E-state index contributed by atoms with van der Waals surface area (Å²) < 4.78 is 0. The summed E-state index contributed by atoms with van der Waals surface area (Å²) in [6, 6.07) is 15.7. The Morgan fingerprint density at radius 3 is 2.26 bits per heavy atom. The Bertz CT molecular complexity index is 548. The van der Waals surface area contributed by atoms with E-state index in [9.17, 15) is 10.2 Å². The number of rotatable bonds is 4. The van der Waals surface area contributed by atoms with Gasteiger partial charge in [-0.15, -0.1) is 0 Å². The molecule has 100 valence electrons. The maximum atomic E-state index is 9.94. The van der Waals surface area contributed by atoms with Gasteiger partial charge < -0.3 is 10.2 Å². The van der Waals surface area contributed by atoms with E-state index in [4.69, 9.17) is 0 Å². The van der Waals surface area contributed by atoms with Crippen molar-refractivity contribution in [2.45, 2.75) is 32.3 Å². The largest absolute Gasteiger partial charge is 0.508 e. The third-order valence-corrected chi connectivity index (χ3v) is 4.02. The zero-order chi connectivity index (χ0) is 13.9. The third-order valence-electron chi connectivity index (χ3n) is 4.02. The smallest absolute Gasteiger partial charge is 0.121 e. The lowest BCUT2D eigenvalue weighted by atomic mass is 9.72. The first-order valence-corrected chi connectivity index (χ1v) is 6.61. The molecule has 0 spiro atoms. The van der Waals surface area contributed by atoms with Gasteiger partial charge in [-0.1, -0.05) is 56.3 Å². The second kappa shape index (κ2) is 5.45. The Balaban J connectivity index is 2.63. The van der Waals surface area contributed by atoms with Gasteiger partial charge in [0.2, 0.25) is 0 Å². The van der Waals surface area contributed by atoms with Crippen LogP contribution in [0, 0.1) is 0 Å². The molecule has 0 aliphatic heterocycles. The van der Waals surface area contributed by atoms with E-state index in [1.54, 1.807) is 6.07 Å². The average Bonchev–Trinajstić information content (AvgIpc) is 2.47. The standard InChI is InChI=1S/C17H20O2/c1-3-17(2,13-8-5-4-6-9-13)15-10-7-11-16(19)14(15)12-18/h4-11,18-19H,3,12H2,1-2H3. The minimum Gasteiger partial charge on any atom is -0.508 e. The molecule has 0 amide bonds. The summed E-state index contributed by atoms with van der Waals surface area (Å²) in [5.41, 5.74) is 2.59. The number of hydrogen-bond donors (Lipinski definition) is 2. The predicted octanol–water partition coefficient (Wildman–Crippen LogP) is 3.60. The van der Waals surface area contributed by atoms with E-state index < -0.39 is 0 Å². The van der Waals surface area contributed by atoms with Crippen LogP contribution in [0.5, 0.6) is 5.75 Å². The molecule has 0 radical (unpaired) electrons. The number of phenols is 1. The van der Waals surface area contributed by atoms with E-state index in [0.717, 1.165) is 12.0 Å². The highest BCUT2D eigenvalue weighted by molar-refractivity contribution is 5.48. The van der Waals surface area contributed by atoms with E-state index in [-0.39, 0.29) is 17.8 Å². The van der Waals surface area contributed by atoms with Crippen LogP contribution in [0.25, 0.3) is 0 Å². The summed E-state index contributed by atoms with van der Waals surface area (Å²) >= 11 is 0. The lowest BCUT2D eigenvalue weighted by Gasteiger charge is -2.31. The molecule has 0 bridgehead atoms. The minimum atomic E-state index is -0.210. The summed E-state index contributed by atoms with van der Waals surface area (Å²) in [5.74, 6) is 0.163. The van der Waals surface area contributed by atoms with E-state index in [2.05, 4.69) is 26.0 Å². The molecule has 0 saturated carbocycles. The molecule has 0 heterocycles. The molecule has 19 heavy (non-hydrogen) atoms. The van der Waals surface area contributed by atoms with Crippen LogP contribution < -0.4 is 0 Å². The van der Waals surface area contributed by atoms with Crippen LogP contribution in [0.3, 0.4) is 0 Å². The van der Waals surface area contributed by atoms with Gasteiger partial charge in [0, 0.05) is 11.0 Å². The van der Waals surface area contributed by atoms with E-state index >= 15 is 0 Å². The fraction of sp³-hybridized carbons (Fsp3) is 0.294. The first-order chi connectivity index (χ1) is 9.13. The van der Waals surface area contributed by atoms with Crippen molar-refractivity contribution in [3.05, 3.63) is 65.2 Å². The molecular weight excluding hydrogens is 236 g/mol. The highest BCUT2D eigenvalue weighted by atomic mass is 16.3. The van der Waals surface area contributed by atoms with Crippen molar-refractivity contribution in [2.24, 2.45) is 0 Å². The normalized spacial score (nSPS) is 14.1. The van der Waals surface area contributed by atoms with Gasteiger partial charge in [0.15, 0.2) is 0 Å². The van der Waals surface area contributed by atoms with Gasteiger partial charge in [-0.3, -0.25) is 0 Å². The van der Waals surface area contributed by atoms with Crippen molar-refractivity contribution in [1.82, 2.24) is 0 Å². The van der Waals surface area contributed by atoms with Crippen molar-refractivity contribution in [2.75, 3.05) is 0 Å². The molecule has 0 aliphatic rings. The van der Waals surface area contributed by atoms with Crippen molar-refractivity contribution in [3.8, 4) is 5.75 Å². The molecule has 1 unspecified atom stereocenters. The molecule has 2 heteroatoms. The molecule has 1 atom stereocenters. The quantitative estimate of drug-likeness (QED) is 0.877. The minimum absolute atomic E-state index is 0.148. The zero-order valence-corrected chi connectivity index (χ0v) is 11.4. The first kappa shape index (κ1) is 13.6. The van der Waals surface area contributed by atoms with Crippen LogP contribution in [0.4, 0.5) is 0 Å². The zero-order valence-electron chi connectivity index (χ0n) is 11.4. The lowest BCUT2D eigenvalue weighted by Crippen LogP contribution is -2.24. The predicted molar refractivity (Wildman–Crippen MR) is 77.2 cm³/mol. The maximum Gasteiger partial charge on any atom is 0.121 e. The molecule has 2 N–H and O–H groups in total. The SMILES string of the molecule is CCC(C)(c1ccccc1)c1cccc(O)c1CO. The van der Waals surface area contributed by atoms with Gasteiger partial charge >= 0.3 is 0 Å². The molecular formula is C17H20O2. The summed E-state index contributed by atoms with van der Waals surface area (Å²) in [6.07, 6.45) is 0.896. The Labute approximate surface area is 114 Å². The maximum absolute atomic E-state index is 9.94. The topological polar surface area (TPSA) is 40.5 Å². The molecule has 0 aliphatic carbocycles. The van der Waals surface area contributed by atoms with E-state index in [1.807, 2.05) is 30.3 Å². The molecule has 2 aromatic carbocycles. The molecule has 2 nitrogen and oxygen atoms in total. The monoisotopic (exact) mass is 256 g/mol. The molecule has 0 saturated heterocycles. The highest BCUT2D eigenvalue weighted by Crippen LogP contribution is 2.39. The van der Waals surface area contributed by atoms with Gasteiger partial charge in [0.05, 0.1) is 6.61 Å². The summed E-state index contributed by atoms with van der Waals surface area (Å²) in [5, 5.41) is 19.5. The lowest BCUT2D eigenvalue weighted by molar-refractivity contribution is 0.271. The summed E-state index contributed by atoms with van der Waals surface area (Å²) in [4.78, 5) is 0. The van der Waals surface area contributed by atoms with Crippen molar-refractivity contribution in [3.63, 3.8) is 0 Å². The summed E-state index contributed by atoms with van der Waals surface area (Å²) in [6.45, 7) is 4.12. The highest BCUT2D eigenvalue weighted by Gasteiger charge is 2.29. The van der Waals surface area contributed by atoms with Crippen LogP contribution in [0.2, 0.25) is 0 Å². The Hall–Kier alpha value is -1.80. The molecule has 2 rings (SSSR count). The summed E-state index contributed by atoms with van der Waals surface area (Å²) in [7, 11) is 0. The van der Waals surface area contributed by atoms with E-state index in [1.165, 1.54) is 5.56 Å². The van der Waals surface area contributed by atoms with Crippen LogP contribution in [0.15, 0.2) is 48.5 Å². The second-order valence-corrected chi connectivity index (χ2v) is 5.01. The van der Waals surface area contributed by atoms with Crippen molar-refractivity contribution in [1.29, 1.82) is 0 Å². The second-order valence-electron chi connectivity index (χ2n) is 5.01. The molecule has 2 aromatic rings. The van der Waals surface area contributed by atoms with Crippen molar-refractivity contribution < 1.29 is 10.2 Å². The number of aliphatic hydroxyl groups excluding tert-OH is 1. The Kier molecular flexibility index (Phi) is 3.91. The van der Waals surface area contributed by atoms with Gasteiger partial charge in [-0.05, 0) is 23.6 Å². The molecule has 0 aromatic heterocycles. The van der Waals surface area contributed by atoms with E-state index in [0.29, 0.717) is 5.56 Å². The fourth-order valence-electron chi connectivity index (χ4n) is 2.61. The Morgan fingerprint density at radius 2 is 1.68 bits per heavy atom. The Morgan fingerprint density at radius 1 is 1.00 bits per heavy atom. The third kappa shape index (κ3) is 2.36. The first-order valence-electron chi connectivity index (χ1n) is 6.61. The van der Waals surface area contributed by atoms with Gasteiger partial charge in [-0.25, -0.2) is 0 Å². The number of benzene rings is 2. The number of hydrogen-bond acceptors (Lipinski definition) is 2. The van der Waals surface area contributed by atoms with Crippen LogP contribution in [0.1, 0.15) is 37.0 Å². The van der Waals surface area contributed by atoms with Crippen LogP contribution in [-0.4, -0.2) is 10.2 Å². The average molecular weight is 256 g/mol. The van der Waals surface area contributed by atoms with Gasteiger partial charge in [0.25, 0.3) is 0 Å². The molecule has 0 fully saturated rings.